The summed E-state index contributed by atoms with van der Waals surface area (Å²) in [5.41, 5.74) is 1.27. The van der Waals surface area contributed by atoms with Crippen LogP contribution < -0.4 is 5.32 Å². The van der Waals surface area contributed by atoms with E-state index < -0.39 is 17.6 Å². The molecule has 1 heterocycles. The highest BCUT2D eigenvalue weighted by atomic mass is 19.1. The van der Waals surface area contributed by atoms with Crippen molar-refractivity contribution in [1.82, 2.24) is 4.98 Å². The first kappa shape index (κ1) is 14.9. The third-order valence-electron chi connectivity index (χ3n) is 3.36. The fraction of sp³-hybridized carbons (Fsp3) is 0.0588. The normalized spacial score (nSPS) is 10.6. The van der Waals surface area contributed by atoms with E-state index in [-0.39, 0.29) is 10.9 Å². The molecule has 0 bridgehead atoms. The zero-order valence-corrected chi connectivity index (χ0v) is 12.1. The Morgan fingerprint density at radius 1 is 1.13 bits per heavy atom. The van der Waals surface area contributed by atoms with E-state index in [4.69, 9.17) is 4.74 Å². The van der Waals surface area contributed by atoms with Gasteiger partial charge in [-0.1, -0.05) is 12.1 Å². The van der Waals surface area contributed by atoms with Gasteiger partial charge in [0.1, 0.15) is 11.3 Å². The number of aromatic nitrogens is 1. The molecule has 0 atom stereocenters. The Morgan fingerprint density at radius 3 is 2.70 bits per heavy atom. The Kier molecular flexibility index (Phi) is 3.89. The number of benzene rings is 2. The number of carbonyl (C=O) groups excluding carboxylic acids is 1. The van der Waals surface area contributed by atoms with Crippen molar-refractivity contribution in [3.63, 3.8) is 0 Å². The van der Waals surface area contributed by atoms with Crippen molar-refractivity contribution in [3.05, 3.63) is 65.9 Å². The molecule has 23 heavy (non-hydrogen) atoms. The van der Waals surface area contributed by atoms with Crippen LogP contribution in [0.2, 0.25) is 0 Å². The lowest BCUT2D eigenvalue weighted by atomic mass is 10.1. The number of nitrogens with one attached hydrogen (secondary N) is 1. The number of halogens is 2. The summed E-state index contributed by atoms with van der Waals surface area (Å²) < 4.78 is 32.1. The van der Waals surface area contributed by atoms with Crippen LogP contribution >= 0.6 is 0 Å². The van der Waals surface area contributed by atoms with Gasteiger partial charge in [0, 0.05) is 23.3 Å². The lowest BCUT2D eigenvalue weighted by molar-refractivity contribution is 0.0602. The molecule has 4 nitrogen and oxygen atoms in total. The molecule has 0 aliphatic rings. The predicted octanol–water partition coefficient (Wildman–Crippen LogP) is 4.04. The van der Waals surface area contributed by atoms with Crippen molar-refractivity contribution in [2.24, 2.45) is 0 Å². The fourth-order valence-corrected chi connectivity index (χ4v) is 2.31. The second-order valence-electron chi connectivity index (χ2n) is 4.80. The van der Waals surface area contributed by atoms with Gasteiger partial charge in [-0.15, -0.1) is 0 Å². The molecule has 3 aromatic rings. The van der Waals surface area contributed by atoms with Crippen molar-refractivity contribution in [2.75, 3.05) is 12.4 Å². The molecule has 0 amide bonds. The summed E-state index contributed by atoms with van der Waals surface area (Å²) in [6.45, 7) is 0. The molecule has 116 valence electrons. The van der Waals surface area contributed by atoms with Gasteiger partial charge < -0.3 is 10.1 Å². The molecule has 0 aliphatic heterocycles. The zero-order valence-electron chi connectivity index (χ0n) is 12.1. The molecule has 0 saturated heterocycles. The average molecular weight is 314 g/mol. The van der Waals surface area contributed by atoms with Crippen LogP contribution in [0.1, 0.15) is 10.4 Å². The maximum Gasteiger partial charge on any atom is 0.339 e. The molecular formula is C17H12F2N2O2. The van der Waals surface area contributed by atoms with Gasteiger partial charge in [-0.3, -0.25) is 4.98 Å². The van der Waals surface area contributed by atoms with Gasteiger partial charge in [-0.25, -0.2) is 13.6 Å². The van der Waals surface area contributed by atoms with Crippen LogP contribution in [0.5, 0.6) is 0 Å². The molecule has 0 fully saturated rings. The summed E-state index contributed by atoms with van der Waals surface area (Å²) in [7, 11) is 1.28. The number of anilines is 2. The molecule has 6 heteroatoms. The molecule has 0 aliphatic carbocycles. The topological polar surface area (TPSA) is 51.2 Å². The van der Waals surface area contributed by atoms with E-state index in [1.807, 2.05) is 0 Å². The van der Waals surface area contributed by atoms with Crippen LogP contribution in [0.15, 0.2) is 48.7 Å². The number of rotatable bonds is 3. The Hall–Kier alpha value is -3.02. The zero-order chi connectivity index (χ0) is 16.4. The van der Waals surface area contributed by atoms with E-state index in [1.165, 1.54) is 19.4 Å². The third kappa shape index (κ3) is 2.83. The number of carbonyl (C=O) groups is 1. The van der Waals surface area contributed by atoms with Crippen LogP contribution in [0, 0.1) is 11.6 Å². The third-order valence-corrected chi connectivity index (χ3v) is 3.36. The highest BCUT2D eigenvalue weighted by molar-refractivity contribution is 5.99. The number of esters is 1. The minimum Gasteiger partial charge on any atom is -0.465 e. The molecule has 0 spiro atoms. The summed E-state index contributed by atoms with van der Waals surface area (Å²) in [4.78, 5) is 15.7. The van der Waals surface area contributed by atoms with E-state index in [2.05, 4.69) is 10.3 Å². The number of fused-ring (bicyclic) bond motifs is 1. The van der Waals surface area contributed by atoms with Crippen LogP contribution in [0.25, 0.3) is 10.9 Å². The van der Waals surface area contributed by atoms with Crippen LogP contribution in [-0.4, -0.2) is 18.1 Å². The number of hydrogen-bond donors (Lipinski definition) is 1. The minimum atomic E-state index is -0.745. The van der Waals surface area contributed by atoms with Crippen LogP contribution in [0.4, 0.5) is 20.2 Å². The molecule has 3 rings (SSSR count). The summed E-state index contributed by atoms with van der Waals surface area (Å²) in [5.74, 6) is -1.96. The van der Waals surface area contributed by atoms with Gasteiger partial charge in [0.15, 0.2) is 5.82 Å². The standard InChI is InChI=1S/C17H12F2N2O2/c1-23-17(22)11-4-2-3-5-14(11)21-15-6-7-20-16-12(15)8-10(18)9-13(16)19/h2-9H,1H3,(H,20,21). The Labute approximate surface area is 130 Å². The van der Waals surface area contributed by atoms with Crippen molar-refractivity contribution in [1.29, 1.82) is 0 Å². The first-order valence-electron chi connectivity index (χ1n) is 6.78. The van der Waals surface area contributed by atoms with Crippen molar-refractivity contribution < 1.29 is 18.3 Å². The second kappa shape index (κ2) is 6.00. The van der Waals surface area contributed by atoms with Crippen molar-refractivity contribution in [2.45, 2.75) is 0 Å². The van der Waals surface area contributed by atoms with Gasteiger partial charge in [0.05, 0.1) is 18.4 Å². The predicted molar refractivity (Wildman–Crippen MR) is 82.7 cm³/mol. The lowest BCUT2D eigenvalue weighted by Gasteiger charge is -2.12. The Bertz CT molecular complexity index is 897. The number of pyridine rings is 1. The molecule has 1 aromatic heterocycles. The van der Waals surface area contributed by atoms with Gasteiger partial charge in [-0.05, 0) is 24.3 Å². The summed E-state index contributed by atoms with van der Waals surface area (Å²) in [6, 6.07) is 10.2. The van der Waals surface area contributed by atoms with Crippen molar-refractivity contribution >= 4 is 28.2 Å². The summed E-state index contributed by atoms with van der Waals surface area (Å²) >= 11 is 0. The maximum absolute atomic E-state index is 13.8. The van der Waals surface area contributed by atoms with Gasteiger partial charge in [-0.2, -0.15) is 0 Å². The number of nitrogens with zero attached hydrogens (tertiary/aromatic N) is 1. The number of para-hydroxylation sites is 1. The molecule has 0 unspecified atom stereocenters. The van der Waals surface area contributed by atoms with Crippen molar-refractivity contribution in [3.8, 4) is 0 Å². The molecule has 2 aromatic carbocycles. The lowest BCUT2D eigenvalue weighted by Crippen LogP contribution is -2.05. The molecular weight excluding hydrogens is 302 g/mol. The summed E-state index contributed by atoms with van der Waals surface area (Å²) in [5, 5.41) is 3.29. The van der Waals surface area contributed by atoms with Gasteiger partial charge in [0.2, 0.25) is 0 Å². The largest absolute Gasteiger partial charge is 0.465 e. The van der Waals surface area contributed by atoms with E-state index >= 15 is 0 Å². The minimum absolute atomic E-state index is 0.0481. The maximum atomic E-state index is 13.8. The second-order valence-corrected chi connectivity index (χ2v) is 4.80. The van der Waals surface area contributed by atoms with E-state index in [0.717, 1.165) is 6.07 Å². The first-order chi connectivity index (χ1) is 11.1. The SMILES string of the molecule is COC(=O)c1ccccc1Nc1ccnc2c(F)cc(F)cc12. The smallest absolute Gasteiger partial charge is 0.339 e. The fourth-order valence-electron chi connectivity index (χ4n) is 2.31. The highest BCUT2D eigenvalue weighted by Crippen LogP contribution is 2.29. The Morgan fingerprint density at radius 2 is 1.91 bits per heavy atom. The van der Waals surface area contributed by atoms with E-state index in [9.17, 15) is 13.6 Å². The van der Waals surface area contributed by atoms with Gasteiger partial charge in [0.25, 0.3) is 0 Å². The molecule has 1 N–H and O–H groups in total. The number of methoxy groups -OCH3 is 1. The van der Waals surface area contributed by atoms with E-state index in [1.54, 1.807) is 30.3 Å². The quantitative estimate of drug-likeness (QED) is 0.741. The van der Waals surface area contributed by atoms with Gasteiger partial charge >= 0.3 is 5.97 Å². The summed E-state index contributed by atoms with van der Waals surface area (Å²) in [6.07, 6.45) is 1.41. The first-order valence-corrected chi connectivity index (χ1v) is 6.78. The monoisotopic (exact) mass is 314 g/mol. The Balaban J connectivity index is 2.12. The molecule has 0 saturated carbocycles. The van der Waals surface area contributed by atoms with Crippen LogP contribution in [0.3, 0.4) is 0 Å². The highest BCUT2D eigenvalue weighted by Gasteiger charge is 2.14. The molecule has 0 radical (unpaired) electrons. The van der Waals surface area contributed by atoms with Crippen LogP contribution in [-0.2, 0) is 4.74 Å². The average Bonchev–Trinajstić information content (AvgIpc) is 2.55. The van der Waals surface area contributed by atoms with E-state index in [0.29, 0.717) is 16.9 Å². The number of ether oxygens (including phenoxy) is 1. The number of hydrogen-bond acceptors (Lipinski definition) is 4.